The molecule has 1 saturated carbocycles. The lowest BCUT2D eigenvalue weighted by molar-refractivity contribution is -0.122. The first kappa shape index (κ1) is 11.0. The first-order valence-electron chi connectivity index (χ1n) is 5.50. The molecule has 88 valence electrons. The van der Waals surface area contributed by atoms with E-state index in [0.717, 1.165) is 19.3 Å². The number of hydrogen-bond acceptors (Lipinski definition) is 5. The van der Waals surface area contributed by atoms with Crippen LogP contribution in [0.25, 0.3) is 0 Å². The van der Waals surface area contributed by atoms with Gasteiger partial charge < -0.3 is 11.1 Å². The summed E-state index contributed by atoms with van der Waals surface area (Å²) in [6.45, 7) is 0.802. The molecule has 1 aromatic heterocycles. The third kappa shape index (κ3) is 2.54. The molecule has 1 heterocycles. The van der Waals surface area contributed by atoms with Crippen LogP contribution in [0.3, 0.4) is 0 Å². The van der Waals surface area contributed by atoms with E-state index >= 15 is 0 Å². The van der Waals surface area contributed by atoms with Crippen molar-refractivity contribution in [2.45, 2.75) is 31.8 Å². The lowest BCUT2D eigenvalue weighted by Gasteiger charge is -2.19. The highest BCUT2D eigenvalue weighted by Gasteiger charge is 2.27. The summed E-state index contributed by atoms with van der Waals surface area (Å²) in [6, 6.07) is 0.217. The van der Waals surface area contributed by atoms with Crippen molar-refractivity contribution in [1.82, 2.24) is 25.5 Å². The zero-order valence-electron chi connectivity index (χ0n) is 9.04. The summed E-state index contributed by atoms with van der Waals surface area (Å²) in [6.07, 6.45) is 4.68. The molecule has 2 rings (SSSR count). The molecule has 3 N–H and O–H groups in total. The summed E-state index contributed by atoms with van der Waals surface area (Å²) in [5.41, 5.74) is 5.65. The molecular formula is C9H16N6O. The molecule has 1 aliphatic rings. The van der Waals surface area contributed by atoms with Crippen molar-refractivity contribution in [2.24, 2.45) is 11.7 Å². The maximum absolute atomic E-state index is 11.7. The van der Waals surface area contributed by atoms with Crippen LogP contribution in [-0.2, 0) is 11.3 Å². The highest BCUT2D eigenvalue weighted by atomic mass is 16.2. The number of nitrogens with one attached hydrogen (secondary N) is 1. The minimum Gasteiger partial charge on any atom is -0.351 e. The molecular weight excluding hydrogens is 208 g/mol. The van der Waals surface area contributed by atoms with E-state index < -0.39 is 0 Å². The SMILES string of the molecule is NCC1CCCC1NC(=O)Cn1cnnn1. The molecule has 0 bridgehead atoms. The average Bonchev–Trinajstić information content (AvgIpc) is 2.88. The Labute approximate surface area is 93.4 Å². The fraction of sp³-hybridized carbons (Fsp3) is 0.778. The largest absolute Gasteiger partial charge is 0.351 e. The molecule has 7 nitrogen and oxygen atoms in total. The molecule has 1 aromatic rings. The van der Waals surface area contributed by atoms with E-state index in [0.29, 0.717) is 12.5 Å². The molecule has 1 fully saturated rings. The number of amides is 1. The van der Waals surface area contributed by atoms with Gasteiger partial charge in [0.25, 0.3) is 0 Å². The summed E-state index contributed by atoms with van der Waals surface area (Å²) in [4.78, 5) is 11.7. The number of carbonyl (C=O) groups excluding carboxylic acids is 1. The summed E-state index contributed by atoms with van der Waals surface area (Å²) < 4.78 is 1.40. The van der Waals surface area contributed by atoms with Crippen molar-refractivity contribution >= 4 is 5.91 Å². The summed E-state index contributed by atoms with van der Waals surface area (Å²) in [7, 11) is 0. The molecule has 0 aromatic carbocycles. The van der Waals surface area contributed by atoms with Crippen molar-refractivity contribution < 1.29 is 4.79 Å². The third-order valence-electron chi connectivity index (χ3n) is 3.01. The molecule has 16 heavy (non-hydrogen) atoms. The van der Waals surface area contributed by atoms with E-state index in [1.807, 2.05) is 0 Å². The van der Waals surface area contributed by atoms with Gasteiger partial charge in [-0.05, 0) is 35.7 Å². The standard InChI is InChI=1S/C9H16N6O/c10-4-7-2-1-3-8(7)12-9(16)5-15-6-11-13-14-15/h6-8H,1-5,10H2,(H,12,16). The number of rotatable bonds is 4. The first-order chi connectivity index (χ1) is 7.79. The van der Waals surface area contributed by atoms with Crippen LogP contribution >= 0.6 is 0 Å². The van der Waals surface area contributed by atoms with E-state index in [1.54, 1.807) is 0 Å². The van der Waals surface area contributed by atoms with Gasteiger partial charge in [-0.15, -0.1) is 5.10 Å². The van der Waals surface area contributed by atoms with E-state index in [9.17, 15) is 4.79 Å². The first-order valence-corrected chi connectivity index (χ1v) is 5.50. The Hall–Kier alpha value is -1.50. The molecule has 0 aliphatic heterocycles. The molecule has 1 amide bonds. The number of hydrogen-bond donors (Lipinski definition) is 2. The second-order valence-electron chi connectivity index (χ2n) is 4.11. The van der Waals surface area contributed by atoms with Crippen LogP contribution in [-0.4, -0.2) is 38.7 Å². The number of nitrogens with two attached hydrogens (primary N) is 1. The van der Waals surface area contributed by atoms with Gasteiger partial charge in [0, 0.05) is 6.04 Å². The average molecular weight is 224 g/mol. The summed E-state index contributed by atoms with van der Waals surface area (Å²) >= 11 is 0. The van der Waals surface area contributed by atoms with Crippen LogP contribution in [0.15, 0.2) is 6.33 Å². The van der Waals surface area contributed by atoms with Crippen LogP contribution in [0, 0.1) is 5.92 Å². The van der Waals surface area contributed by atoms with Crippen LogP contribution < -0.4 is 11.1 Å². The number of aromatic nitrogens is 4. The Balaban J connectivity index is 1.83. The maximum Gasteiger partial charge on any atom is 0.242 e. The second kappa shape index (κ2) is 5.02. The second-order valence-corrected chi connectivity index (χ2v) is 4.11. The van der Waals surface area contributed by atoms with E-state index in [-0.39, 0.29) is 18.5 Å². The van der Waals surface area contributed by atoms with Crippen molar-refractivity contribution in [3.63, 3.8) is 0 Å². The zero-order valence-corrected chi connectivity index (χ0v) is 9.04. The van der Waals surface area contributed by atoms with E-state index in [4.69, 9.17) is 5.73 Å². The van der Waals surface area contributed by atoms with Gasteiger partial charge in [0.1, 0.15) is 12.9 Å². The highest BCUT2D eigenvalue weighted by Crippen LogP contribution is 2.24. The summed E-state index contributed by atoms with van der Waals surface area (Å²) in [5.74, 6) is 0.357. The normalized spacial score (nSPS) is 24.6. The minimum atomic E-state index is -0.0577. The predicted octanol–water partition coefficient (Wildman–Crippen LogP) is -1.08. The number of carbonyl (C=O) groups is 1. The Morgan fingerprint density at radius 1 is 1.56 bits per heavy atom. The van der Waals surface area contributed by atoms with Gasteiger partial charge in [0.05, 0.1) is 0 Å². The minimum absolute atomic E-state index is 0.0577. The molecule has 2 atom stereocenters. The zero-order chi connectivity index (χ0) is 11.4. The van der Waals surface area contributed by atoms with Crippen molar-refractivity contribution in [3.05, 3.63) is 6.33 Å². The highest BCUT2D eigenvalue weighted by molar-refractivity contribution is 5.75. The van der Waals surface area contributed by atoms with Crippen molar-refractivity contribution in [2.75, 3.05) is 6.54 Å². The monoisotopic (exact) mass is 224 g/mol. The number of nitrogens with zero attached hydrogens (tertiary/aromatic N) is 4. The number of tetrazole rings is 1. The van der Waals surface area contributed by atoms with E-state index in [2.05, 4.69) is 20.8 Å². The van der Waals surface area contributed by atoms with Gasteiger partial charge in [-0.2, -0.15) is 0 Å². The predicted molar refractivity (Wildman–Crippen MR) is 56.1 cm³/mol. The Kier molecular flexibility index (Phi) is 3.45. The molecule has 1 aliphatic carbocycles. The van der Waals surface area contributed by atoms with Gasteiger partial charge in [-0.3, -0.25) is 4.79 Å². The molecule has 0 saturated heterocycles. The third-order valence-corrected chi connectivity index (χ3v) is 3.01. The topological polar surface area (TPSA) is 98.7 Å². The molecule has 0 spiro atoms. The van der Waals surface area contributed by atoms with Crippen LogP contribution in [0.2, 0.25) is 0 Å². The smallest absolute Gasteiger partial charge is 0.242 e. The Morgan fingerprint density at radius 3 is 3.12 bits per heavy atom. The molecule has 7 heteroatoms. The lowest BCUT2D eigenvalue weighted by Crippen LogP contribution is -2.41. The van der Waals surface area contributed by atoms with Gasteiger partial charge >= 0.3 is 0 Å². The summed E-state index contributed by atoms with van der Waals surface area (Å²) in [5, 5.41) is 13.6. The maximum atomic E-state index is 11.7. The molecule has 2 unspecified atom stereocenters. The van der Waals surface area contributed by atoms with Crippen LogP contribution in [0.1, 0.15) is 19.3 Å². The van der Waals surface area contributed by atoms with Crippen molar-refractivity contribution in [1.29, 1.82) is 0 Å². The van der Waals surface area contributed by atoms with Gasteiger partial charge in [0.2, 0.25) is 5.91 Å². The van der Waals surface area contributed by atoms with Gasteiger partial charge in [-0.1, -0.05) is 6.42 Å². The van der Waals surface area contributed by atoms with Gasteiger partial charge in [0.15, 0.2) is 0 Å². The van der Waals surface area contributed by atoms with E-state index in [1.165, 1.54) is 11.0 Å². The van der Waals surface area contributed by atoms with Crippen LogP contribution in [0.5, 0.6) is 0 Å². The molecule has 0 radical (unpaired) electrons. The van der Waals surface area contributed by atoms with Gasteiger partial charge in [-0.25, -0.2) is 4.68 Å². The fourth-order valence-corrected chi connectivity index (χ4v) is 2.16. The Bertz CT molecular complexity index is 338. The van der Waals surface area contributed by atoms with Crippen LogP contribution in [0.4, 0.5) is 0 Å². The fourth-order valence-electron chi connectivity index (χ4n) is 2.16. The Morgan fingerprint density at radius 2 is 2.44 bits per heavy atom. The van der Waals surface area contributed by atoms with Crippen molar-refractivity contribution in [3.8, 4) is 0 Å². The lowest BCUT2D eigenvalue weighted by atomic mass is 10.0. The quantitative estimate of drug-likeness (QED) is 0.677.